The Balaban J connectivity index is 1.25. The van der Waals surface area contributed by atoms with Gasteiger partial charge in [-0.3, -0.25) is 9.52 Å². The first-order valence-electron chi connectivity index (χ1n) is 17.0. The smallest absolute Gasteiger partial charge is 0.335 e. The number of anilines is 2. The standard InChI is InChI=1S/C38H32Cl2F4N2O6S/c39-28-3-1-2-22(32(28)40)15-27-33(41)34(42)35(43)36(44)37(27)45-53(50,51)18-31(47)46(29-11-8-23(38(48)49)16-30(29)52-26-9-10-26)17-19-12-24(20-4-5-20)14-25(13-19)21-6-7-21/h1-3,8,11-14,16,20-21,26,45H,4-7,9-10,15,17-18H2,(H,48,49). The summed E-state index contributed by atoms with van der Waals surface area (Å²) in [6, 6.07) is 14.1. The van der Waals surface area contributed by atoms with E-state index in [0.717, 1.165) is 41.7 Å². The molecule has 0 aromatic heterocycles. The Morgan fingerprint density at radius 3 is 2.09 bits per heavy atom. The molecule has 0 aliphatic heterocycles. The maximum atomic E-state index is 15.3. The van der Waals surface area contributed by atoms with Crippen LogP contribution in [0.15, 0.2) is 54.6 Å². The van der Waals surface area contributed by atoms with Gasteiger partial charge in [-0.2, -0.15) is 0 Å². The highest BCUT2D eigenvalue weighted by atomic mass is 35.5. The van der Waals surface area contributed by atoms with Crippen molar-refractivity contribution in [1.82, 2.24) is 0 Å². The number of benzene rings is 4. The highest BCUT2D eigenvalue weighted by Crippen LogP contribution is 2.46. The number of ether oxygens (including phenoxy) is 1. The van der Waals surface area contributed by atoms with Crippen LogP contribution in [-0.4, -0.2) is 37.3 Å². The number of halogens is 6. The van der Waals surface area contributed by atoms with Gasteiger partial charge in [0.15, 0.2) is 23.3 Å². The van der Waals surface area contributed by atoms with Crippen molar-refractivity contribution in [3.05, 3.63) is 121 Å². The fourth-order valence-electron chi connectivity index (χ4n) is 6.22. The summed E-state index contributed by atoms with van der Waals surface area (Å²) in [5.74, 6) is -11.2. The lowest BCUT2D eigenvalue weighted by Gasteiger charge is -2.26. The average Bonchev–Trinajstić information content (AvgIpc) is 3.95. The molecule has 3 aliphatic rings. The molecule has 0 spiro atoms. The summed E-state index contributed by atoms with van der Waals surface area (Å²) in [6.07, 6.45) is 4.51. The van der Waals surface area contributed by atoms with Gasteiger partial charge in [-0.05, 0) is 96.9 Å². The minimum Gasteiger partial charge on any atom is -0.488 e. The molecule has 1 amide bonds. The minimum absolute atomic E-state index is 0.0220. The van der Waals surface area contributed by atoms with E-state index in [0.29, 0.717) is 30.2 Å². The first kappa shape index (κ1) is 37.0. The molecule has 0 saturated heterocycles. The van der Waals surface area contributed by atoms with Gasteiger partial charge in [0.1, 0.15) is 11.5 Å². The van der Waals surface area contributed by atoms with Crippen LogP contribution >= 0.6 is 23.2 Å². The Morgan fingerprint density at radius 2 is 1.49 bits per heavy atom. The minimum atomic E-state index is -4.98. The second-order valence-corrected chi connectivity index (χ2v) is 16.2. The molecule has 0 atom stereocenters. The lowest BCUT2D eigenvalue weighted by atomic mass is 9.99. The van der Waals surface area contributed by atoms with Gasteiger partial charge >= 0.3 is 5.97 Å². The summed E-state index contributed by atoms with van der Waals surface area (Å²) in [5, 5.41) is 9.60. The van der Waals surface area contributed by atoms with Gasteiger partial charge in [-0.1, -0.05) is 53.5 Å². The van der Waals surface area contributed by atoms with Crippen LogP contribution in [0.2, 0.25) is 10.0 Å². The molecule has 15 heteroatoms. The van der Waals surface area contributed by atoms with E-state index in [1.165, 1.54) is 36.4 Å². The van der Waals surface area contributed by atoms with Crippen LogP contribution in [0.3, 0.4) is 0 Å². The van der Waals surface area contributed by atoms with Crippen molar-refractivity contribution >= 4 is 56.5 Å². The number of nitrogens with one attached hydrogen (secondary N) is 1. The van der Waals surface area contributed by atoms with E-state index in [1.807, 2.05) is 12.1 Å². The molecule has 0 bridgehead atoms. The van der Waals surface area contributed by atoms with Gasteiger partial charge in [-0.15, -0.1) is 0 Å². The van der Waals surface area contributed by atoms with Gasteiger partial charge in [0.25, 0.3) is 0 Å². The molecule has 278 valence electrons. The largest absolute Gasteiger partial charge is 0.488 e. The fraction of sp³-hybridized carbons (Fsp3) is 0.316. The fourth-order valence-corrected chi connectivity index (χ4v) is 7.68. The van der Waals surface area contributed by atoms with E-state index < -0.39 is 68.6 Å². The second-order valence-electron chi connectivity index (χ2n) is 13.7. The van der Waals surface area contributed by atoms with E-state index in [2.05, 4.69) is 6.07 Å². The van der Waals surface area contributed by atoms with Crippen LogP contribution in [0.4, 0.5) is 28.9 Å². The van der Waals surface area contributed by atoms with Crippen molar-refractivity contribution in [2.75, 3.05) is 15.4 Å². The molecule has 3 fully saturated rings. The molecule has 7 rings (SSSR count). The Labute approximate surface area is 312 Å². The monoisotopic (exact) mass is 790 g/mol. The van der Waals surface area contributed by atoms with Crippen molar-refractivity contribution in [2.24, 2.45) is 0 Å². The predicted molar refractivity (Wildman–Crippen MR) is 192 cm³/mol. The number of carboxylic acid groups (broad SMARTS) is 1. The van der Waals surface area contributed by atoms with Crippen LogP contribution in [0.25, 0.3) is 0 Å². The zero-order valence-corrected chi connectivity index (χ0v) is 30.2. The maximum Gasteiger partial charge on any atom is 0.335 e. The number of carbonyl (C=O) groups is 2. The SMILES string of the molecule is O=C(O)c1ccc(N(Cc2cc(C3CC3)cc(C3CC3)c2)C(=O)CS(=O)(=O)Nc2c(F)c(F)c(F)c(F)c2Cc2cccc(Cl)c2Cl)c(OC2CC2)c1. The number of rotatable bonds is 14. The number of nitrogens with zero attached hydrogens (tertiary/aromatic N) is 1. The van der Waals surface area contributed by atoms with Crippen LogP contribution in [-0.2, 0) is 27.8 Å². The van der Waals surface area contributed by atoms with Gasteiger partial charge in [-0.25, -0.2) is 30.8 Å². The van der Waals surface area contributed by atoms with Crippen LogP contribution in [0.1, 0.15) is 88.5 Å². The lowest BCUT2D eigenvalue weighted by Crippen LogP contribution is -2.37. The summed E-state index contributed by atoms with van der Waals surface area (Å²) in [5.41, 5.74) is 0.769. The molecule has 0 radical (unpaired) electrons. The average molecular weight is 792 g/mol. The Bertz CT molecular complexity index is 2230. The van der Waals surface area contributed by atoms with Crippen LogP contribution in [0, 0.1) is 23.3 Å². The van der Waals surface area contributed by atoms with Gasteiger partial charge in [0.2, 0.25) is 15.9 Å². The molecule has 2 N–H and O–H groups in total. The third-order valence-electron chi connectivity index (χ3n) is 9.43. The van der Waals surface area contributed by atoms with E-state index in [1.54, 1.807) is 4.72 Å². The maximum absolute atomic E-state index is 15.3. The number of carboxylic acids is 1. The van der Waals surface area contributed by atoms with Crippen molar-refractivity contribution in [1.29, 1.82) is 0 Å². The number of hydrogen-bond acceptors (Lipinski definition) is 5. The summed E-state index contributed by atoms with van der Waals surface area (Å²) in [7, 11) is -4.98. The second kappa shape index (κ2) is 14.5. The molecule has 8 nitrogen and oxygen atoms in total. The van der Waals surface area contributed by atoms with Gasteiger partial charge in [0.05, 0.1) is 39.6 Å². The number of aromatic carboxylic acids is 1. The van der Waals surface area contributed by atoms with Crippen molar-refractivity contribution in [3.63, 3.8) is 0 Å². The summed E-state index contributed by atoms with van der Waals surface area (Å²) in [6.45, 7) is -0.144. The van der Waals surface area contributed by atoms with E-state index in [-0.39, 0.29) is 45.3 Å². The number of hydrogen-bond donors (Lipinski definition) is 2. The Morgan fingerprint density at radius 1 is 0.849 bits per heavy atom. The molecule has 3 saturated carbocycles. The normalized spacial score (nSPS) is 15.7. The molecule has 0 heterocycles. The highest BCUT2D eigenvalue weighted by Gasteiger charge is 2.34. The molecule has 4 aromatic carbocycles. The number of carbonyl (C=O) groups excluding carboxylic acids is 1. The van der Waals surface area contributed by atoms with E-state index in [9.17, 15) is 31.9 Å². The first-order valence-corrected chi connectivity index (χ1v) is 19.4. The number of amides is 1. The zero-order chi connectivity index (χ0) is 37.8. The van der Waals surface area contributed by atoms with Crippen LogP contribution in [0.5, 0.6) is 5.75 Å². The Kier molecular flexibility index (Phi) is 10.1. The molecule has 4 aromatic rings. The van der Waals surface area contributed by atoms with Crippen molar-refractivity contribution in [2.45, 2.75) is 69.4 Å². The predicted octanol–water partition coefficient (Wildman–Crippen LogP) is 9.11. The topological polar surface area (TPSA) is 113 Å². The quantitative estimate of drug-likeness (QED) is 0.0749. The first-order chi connectivity index (χ1) is 25.2. The summed E-state index contributed by atoms with van der Waals surface area (Å²) in [4.78, 5) is 27.2. The zero-order valence-electron chi connectivity index (χ0n) is 27.9. The molecule has 3 aliphatic carbocycles. The highest BCUT2D eigenvalue weighted by molar-refractivity contribution is 7.93. The van der Waals surface area contributed by atoms with E-state index >= 15 is 8.78 Å². The molecular formula is C38H32Cl2F4N2O6S. The van der Waals surface area contributed by atoms with Crippen LogP contribution < -0.4 is 14.4 Å². The third kappa shape index (κ3) is 8.27. The summed E-state index contributed by atoms with van der Waals surface area (Å²) >= 11 is 12.3. The Hall–Kier alpha value is -4.33. The van der Waals surface area contributed by atoms with E-state index in [4.69, 9.17) is 27.9 Å². The van der Waals surface area contributed by atoms with Gasteiger partial charge < -0.3 is 14.7 Å². The molecule has 0 unspecified atom stereocenters. The van der Waals surface area contributed by atoms with Crippen molar-refractivity contribution in [3.8, 4) is 5.75 Å². The van der Waals surface area contributed by atoms with Crippen molar-refractivity contribution < 1.29 is 45.4 Å². The third-order valence-corrected chi connectivity index (χ3v) is 11.4. The molecule has 53 heavy (non-hydrogen) atoms. The summed E-state index contributed by atoms with van der Waals surface area (Å²) < 4.78 is 94.8. The molecular weight excluding hydrogens is 759 g/mol. The number of sulfonamides is 1. The lowest BCUT2D eigenvalue weighted by molar-refractivity contribution is -0.116. The van der Waals surface area contributed by atoms with Gasteiger partial charge in [0, 0.05) is 12.0 Å².